The molecule has 0 aromatic heterocycles. The zero-order chi connectivity index (χ0) is 12.9. The van der Waals surface area contributed by atoms with E-state index in [1.807, 2.05) is 13.8 Å². The van der Waals surface area contributed by atoms with E-state index >= 15 is 0 Å². The van der Waals surface area contributed by atoms with E-state index in [-0.39, 0.29) is 5.41 Å². The fourth-order valence-corrected chi connectivity index (χ4v) is 2.18. The van der Waals surface area contributed by atoms with E-state index in [0.29, 0.717) is 5.84 Å². The SMILES string of the molecule is CCN(CCCCC(C)(C)C(N)=NO)C1CC1. The lowest BCUT2D eigenvalue weighted by Crippen LogP contribution is -2.32. The van der Waals surface area contributed by atoms with Crippen LogP contribution in [-0.4, -0.2) is 35.1 Å². The van der Waals surface area contributed by atoms with Crippen LogP contribution in [0.2, 0.25) is 0 Å². The van der Waals surface area contributed by atoms with Gasteiger partial charge in [-0.25, -0.2) is 0 Å². The van der Waals surface area contributed by atoms with E-state index < -0.39 is 0 Å². The molecule has 0 bridgehead atoms. The topological polar surface area (TPSA) is 61.8 Å². The molecule has 0 atom stereocenters. The molecular weight excluding hydrogens is 214 g/mol. The largest absolute Gasteiger partial charge is 0.409 e. The Labute approximate surface area is 105 Å². The molecule has 0 aromatic carbocycles. The summed E-state index contributed by atoms with van der Waals surface area (Å²) in [4.78, 5) is 2.57. The number of unbranched alkanes of at least 4 members (excludes halogenated alkanes) is 1. The molecule has 0 saturated heterocycles. The van der Waals surface area contributed by atoms with Gasteiger partial charge in [0.2, 0.25) is 0 Å². The van der Waals surface area contributed by atoms with Crippen molar-refractivity contribution in [3.63, 3.8) is 0 Å². The van der Waals surface area contributed by atoms with E-state index in [0.717, 1.165) is 25.4 Å². The highest BCUT2D eigenvalue weighted by Crippen LogP contribution is 2.28. The highest BCUT2D eigenvalue weighted by atomic mass is 16.4. The minimum Gasteiger partial charge on any atom is -0.409 e. The predicted molar refractivity (Wildman–Crippen MR) is 71.3 cm³/mol. The highest BCUT2D eigenvalue weighted by molar-refractivity contribution is 5.85. The van der Waals surface area contributed by atoms with Gasteiger partial charge in [0.1, 0.15) is 5.84 Å². The van der Waals surface area contributed by atoms with Gasteiger partial charge in [-0.3, -0.25) is 0 Å². The van der Waals surface area contributed by atoms with Gasteiger partial charge in [0.15, 0.2) is 0 Å². The second-order valence-electron chi connectivity index (χ2n) is 5.69. The maximum atomic E-state index is 8.69. The van der Waals surface area contributed by atoms with Gasteiger partial charge in [0, 0.05) is 11.5 Å². The molecule has 0 aliphatic heterocycles. The van der Waals surface area contributed by atoms with Crippen LogP contribution in [0, 0.1) is 5.41 Å². The van der Waals surface area contributed by atoms with E-state index in [1.54, 1.807) is 0 Å². The van der Waals surface area contributed by atoms with Gasteiger partial charge in [-0.1, -0.05) is 32.3 Å². The molecule has 17 heavy (non-hydrogen) atoms. The molecule has 1 aliphatic carbocycles. The van der Waals surface area contributed by atoms with Gasteiger partial charge in [-0.15, -0.1) is 0 Å². The summed E-state index contributed by atoms with van der Waals surface area (Å²) < 4.78 is 0. The molecule has 0 radical (unpaired) electrons. The Hall–Kier alpha value is -0.770. The number of nitrogens with zero attached hydrogens (tertiary/aromatic N) is 2. The zero-order valence-electron chi connectivity index (χ0n) is 11.4. The molecule has 0 spiro atoms. The van der Waals surface area contributed by atoms with Crippen molar-refractivity contribution in [1.29, 1.82) is 0 Å². The Bertz CT molecular complexity index is 259. The third-order valence-corrected chi connectivity index (χ3v) is 3.77. The van der Waals surface area contributed by atoms with Crippen molar-refractivity contribution in [2.45, 2.75) is 58.9 Å². The van der Waals surface area contributed by atoms with Gasteiger partial charge in [0.05, 0.1) is 0 Å². The maximum Gasteiger partial charge on any atom is 0.144 e. The third-order valence-electron chi connectivity index (χ3n) is 3.77. The van der Waals surface area contributed by atoms with Crippen molar-refractivity contribution in [2.75, 3.05) is 13.1 Å². The fraction of sp³-hybridized carbons (Fsp3) is 0.923. The lowest BCUT2D eigenvalue weighted by Gasteiger charge is -2.24. The lowest BCUT2D eigenvalue weighted by atomic mass is 9.86. The van der Waals surface area contributed by atoms with E-state index in [1.165, 1.54) is 25.8 Å². The molecule has 1 saturated carbocycles. The van der Waals surface area contributed by atoms with Gasteiger partial charge in [0.25, 0.3) is 0 Å². The summed E-state index contributed by atoms with van der Waals surface area (Å²) in [5, 5.41) is 11.8. The van der Waals surface area contributed by atoms with Gasteiger partial charge >= 0.3 is 0 Å². The Balaban J connectivity index is 2.18. The van der Waals surface area contributed by atoms with E-state index in [4.69, 9.17) is 10.9 Å². The smallest absolute Gasteiger partial charge is 0.144 e. The molecular formula is C13H27N3O. The van der Waals surface area contributed by atoms with Crippen LogP contribution in [-0.2, 0) is 0 Å². The molecule has 4 heteroatoms. The normalized spacial score (nSPS) is 17.8. The molecule has 4 nitrogen and oxygen atoms in total. The van der Waals surface area contributed by atoms with Gasteiger partial charge < -0.3 is 15.8 Å². The Morgan fingerprint density at radius 2 is 2.06 bits per heavy atom. The van der Waals surface area contributed by atoms with Crippen molar-refractivity contribution in [3.8, 4) is 0 Å². The van der Waals surface area contributed by atoms with Crippen LogP contribution in [0.15, 0.2) is 5.16 Å². The first-order chi connectivity index (χ1) is 8.01. The van der Waals surface area contributed by atoms with Crippen LogP contribution in [0.25, 0.3) is 0 Å². The maximum absolute atomic E-state index is 8.69. The van der Waals surface area contributed by atoms with Gasteiger partial charge in [-0.2, -0.15) is 0 Å². The van der Waals surface area contributed by atoms with Gasteiger partial charge in [-0.05, 0) is 38.8 Å². The molecule has 1 fully saturated rings. The van der Waals surface area contributed by atoms with Crippen molar-refractivity contribution >= 4 is 5.84 Å². The first kappa shape index (κ1) is 14.3. The molecule has 0 unspecified atom stereocenters. The van der Waals surface area contributed by atoms with Crippen LogP contribution < -0.4 is 5.73 Å². The number of rotatable bonds is 8. The molecule has 1 aliphatic rings. The minimum atomic E-state index is -0.189. The first-order valence-electron chi connectivity index (χ1n) is 6.73. The molecule has 0 heterocycles. The van der Waals surface area contributed by atoms with Crippen molar-refractivity contribution in [1.82, 2.24) is 4.90 Å². The molecule has 3 N–H and O–H groups in total. The molecule has 0 aromatic rings. The lowest BCUT2D eigenvalue weighted by molar-refractivity contribution is 0.264. The van der Waals surface area contributed by atoms with Crippen molar-refractivity contribution in [2.24, 2.45) is 16.3 Å². The summed E-state index contributed by atoms with van der Waals surface area (Å²) in [6, 6.07) is 0.858. The number of amidine groups is 1. The van der Waals surface area contributed by atoms with Crippen molar-refractivity contribution in [3.05, 3.63) is 0 Å². The number of hydrogen-bond donors (Lipinski definition) is 2. The summed E-state index contributed by atoms with van der Waals surface area (Å²) in [6.45, 7) is 8.64. The third kappa shape index (κ3) is 4.54. The first-order valence-corrected chi connectivity index (χ1v) is 6.73. The van der Waals surface area contributed by atoms with Crippen LogP contribution in [0.1, 0.15) is 52.9 Å². The molecule has 0 amide bonds. The summed E-state index contributed by atoms with van der Waals surface area (Å²) in [7, 11) is 0. The van der Waals surface area contributed by atoms with Crippen LogP contribution in [0.5, 0.6) is 0 Å². The average molecular weight is 241 g/mol. The molecule has 100 valence electrons. The summed E-state index contributed by atoms with van der Waals surface area (Å²) in [5.74, 6) is 0.340. The summed E-state index contributed by atoms with van der Waals surface area (Å²) in [6.07, 6.45) is 6.07. The van der Waals surface area contributed by atoms with Crippen molar-refractivity contribution < 1.29 is 5.21 Å². The van der Waals surface area contributed by atoms with E-state index in [9.17, 15) is 0 Å². The minimum absolute atomic E-state index is 0.189. The predicted octanol–water partition coefficient (Wildman–Crippen LogP) is 2.41. The van der Waals surface area contributed by atoms with Crippen LogP contribution in [0.4, 0.5) is 0 Å². The number of nitrogens with two attached hydrogens (primary N) is 1. The second kappa shape index (κ2) is 6.24. The van der Waals surface area contributed by atoms with Crippen LogP contribution >= 0.6 is 0 Å². The summed E-state index contributed by atoms with van der Waals surface area (Å²) in [5.41, 5.74) is 5.48. The highest BCUT2D eigenvalue weighted by Gasteiger charge is 2.27. The zero-order valence-corrected chi connectivity index (χ0v) is 11.4. The average Bonchev–Trinajstić information content (AvgIpc) is 3.12. The number of hydrogen-bond acceptors (Lipinski definition) is 3. The monoisotopic (exact) mass is 241 g/mol. The van der Waals surface area contributed by atoms with Crippen LogP contribution in [0.3, 0.4) is 0 Å². The quantitative estimate of drug-likeness (QED) is 0.225. The Morgan fingerprint density at radius 1 is 1.41 bits per heavy atom. The summed E-state index contributed by atoms with van der Waals surface area (Å²) >= 11 is 0. The standard InChI is InChI=1S/C13H27N3O/c1-4-16(11-7-8-11)10-6-5-9-13(2,3)12(14)15-17/h11,17H,4-10H2,1-3H3,(H2,14,15). The van der Waals surface area contributed by atoms with E-state index in [2.05, 4.69) is 17.0 Å². The second-order valence-corrected chi connectivity index (χ2v) is 5.69. The Kier molecular flexibility index (Phi) is 5.25. The fourth-order valence-electron chi connectivity index (χ4n) is 2.18. The number of oxime groups is 1. The Morgan fingerprint density at radius 3 is 2.53 bits per heavy atom. The molecule has 1 rings (SSSR count).